The Morgan fingerprint density at radius 2 is 2.44 bits per heavy atom. The zero-order valence-corrected chi connectivity index (χ0v) is 12.3. The second kappa shape index (κ2) is 5.84. The summed E-state index contributed by atoms with van der Waals surface area (Å²) in [7, 11) is 0. The molecule has 1 aromatic heterocycles. The van der Waals surface area contributed by atoms with Gasteiger partial charge in [0.05, 0.1) is 11.1 Å². The number of aromatic nitrogens is 2. The highest BCUT2D eigenvalue weighted by Gasteiger charge is 2.25. The first-order valence-corrected chi connectivity index (χ1v) is 7.00. The van der Waals surface area contributed by atoms with E-state index in [0.717, 1.165) is 36.3 Å². The topological polar surface area (TPSA) is 58.2 Å². The number of aryl methyl sites for hydroxylation is 1. The summed E-state index contributed by atoms with van der Waals surface area (Å²) in [5, 5.41) is 6.89. The maximum Gasteiger partial charge on any atom is 0.275 e. The molecule has 0 unspecified atom stereocenters. The van der Waals surface area contributed by atoms with Crippen LogP contribution in [0.1, 0.15) is 29.5 Å². The van der Waals surface area contributed by atoms with Crippen molar-refractivity contribution in [1.82, 2.24) is 15.1 Å². The first-order chi connectivity index (χ1) is 8.63. The molecule has 1 aliphatic rings. The Morgan fingerprint density at radius 1 is 1.67 bits per heavy atom. The highest BCUT2D eigenvalue weighted by Crippen LogP contribution is 2.21. The Kier molecular flexibility index (Phi) is 4.40. The third-order valence-corrected chi connectivity index (χ3v) is 4.22. The van der Waals surface area contributed by atoms with E-state index < -0.39 is 0 Å². The summed E-state index contributed by atoms with van der Waals surface area (Å²) in [4.78, 5) is 14.2. The molecule has 100 valence electrons. The SMILES string of the molecule is CCN(C[C@H]1CCOC1)C(=O)c1n[nH]c(C)c1Br. The molecule has 6 heteroatoms. The number of nitrogens with one attached hydrogen (secondary N) is 1. The number of hydrogen-bond acceptors (Lipinski definition) is 3. The van der Waals surface area contributed by atoms with Crippen LogP contribution in [0.25, 0.3) is 0 Å². The predicted octanol–water partition coefficient (Wildman–Crippen LogP) is 1.98. The van der Waals surface area contributed by atoms with Crippen LogP contribution in [0.5, 0.6) is 0 Å². The zero-order valence-electron chi connectivity index (χ0n) is 10.7. The summed E-state index contributed by atoms with van der Waals surface area (Å²) in [5.74, 6) is 0.424. The second-order valence-electron chi connectivity index (χ2n) is 4.58. The van der Waals surface area contributed by atoms with Crippen molar-refractivity contribution in [3.63, 3.8) is 0 Å². The molecule has 1 atom stereocenters. The predicted molar refractivity (Wildman–Crippen MR) is 71.5 cm³/mol. The first kappa shape index (κ1) is 13.5. The Hall–Kier alpha value is -0.880. The van der Waals surface area contributed by atoms with Crippen LogP contribution in [0.15, 0.2) is 4.47 Å². The minimum Gasteiger partial charge on any atom is -0.381 e. The van der Waals surface area contributed by atoms with Crippen LogP contribution in [-0.4, -0.2) is 47.3 Å². The summed E-state index contributed by atoms with van der Waals surface area (Å²) in [6.45, 7) is 6.86. The van der Waals surface area contributed by atoms with Crippen molar-refractivity contribution in [1.29, 1.82) is 0 Å². The van der Waals surface area contributed by atoms with Crippen LogP contribution in [0.3, 0.4) is 0 Å². The van der Waals surface area contributed by atoms with Crippen LogP contribution in [0.4, 0.5) is 0 Å². The lowest BCUT2D eigenvalue weighted by molar-refractivity contribution is 0.0724. The molecule has 0 radical (unpaired) electrons. The van der Waals surface area contributed by atoms with E-state index >= 15 is 0 Å². The molecule has 1 saturated heterocycles. The molecular formula is C12H18BrN3O2. The van der Waals surface area contributed by atoms with Crippen LogP contribution in [-0.2, 0) is 4.74 Å². The van der Waals surface area contributed by atoms with Crippen molar-refractivity contribution in [3.05, 3.63) is 15.9 Å². The van der Waals surface area contributed by atoms with Gasteiger partial charge in [0.15, 0.2) is 5.69 Å². The lowest BCUT2D eigenvalue weighted by Crippen LogP contribution is -2.35. The summed E-state index contributed by atoms with van der Waals surface area (Å²) in [5.41, 5.74) is 1.34. The molecule has 0 aromatic carbocycles. The van der Waals surface area contributed by atoms with Gasteiger partial charge in [-0.2, -0.15) is 5.10 Å². The maximum absolute atomic E-state index is 12.4. The van der Waals surface area contributed by atoms with E-state index in [9.17, 15) is 4.79 Å². The molecule has 2 heterocycles. The van der Waals surface area contributed by atoms with Gasteiger partial charge < -0.3 is 9.64 Å². The van der Waals surface area contributed by atoms with Gasteiger partial charge in [0.2, 0.25) is 0 Å². The van der Waals surface area contributed by atoms with E-state index in [4.69, 9.17) is 4.74 Å². The quantitative estimate of drug-likeness (QED) is 0.924. The molecule has 0 aliphatic carbocycles. The first-order valence-electron chi connectivity index (χ1n) is 6.21. The lowest BCUT2D eigenvalue weighted by Gasteiger charge is -2.22. The number of hydrogen-bond donors (Lipinski definition) is 1. The Morgan fingerprint density at radius 3 is 2.94 bits per heavy atom. The molecule has 1 aliphatic heterocycles. The molecule has 5 nitrogen and oxygen atoms in total. The van der Waals surface area contributed by atoms with Gasteiger partial charge in [-0.1, -0.05) is 0 Å². The van der Waals surface area contributed by atoms with E-state index in [1.807, 2.05) is 18.7 Å². The van der Waals surface area contributed by atoms with Gasteiger partial charge in [-0.05, 0) is 36.2 Å². The maximum atomic E-state index is 12.4. The highest BCUT2D eigenvalue weighted by molar-refractivity contribution is 9.10. The van der Waals surface area contributed by atoms with E-state index in [1.54, 1.807) is 0 Å². The molecular weight excluding hydrogens is 298 g/mol. The van der Waals surface area contributed by atoms with Crippen molar-refractivity contribution in [2.45, 2.75) is 20.3 Å². The second-order valence-corrected chi connectivity index (χ2v) is 5.38. The standard InChI is InChI=1S/C12H18BrN3O2/c1-3-16(6-9-4-5-18-7-9)12(17)11-10(13)8(2)14-15-11/h9H,3-7H2,1-2H3,(H,14,15)/t9-/m1/s1. The van der Waals surface area contributed by atoms with Gasteiger partial charge in [0.1, 0.15) is 0 Å². The van der Waals surface area contributed by atoms with E-state index in [-0.39, 0.29) is 5.91 Å². The van der Waals surface area contributed by atoms with E-state index in [2.05, 4.69) is 26.1 Å². The molecule has 1 aromatic rings. The fraction of sp³-hybridized carbons (Fsp3) is 0.667. The molecule has 0 spiro atoms. The van der Waals surface area contributed by atoms with Crippen molar-refractivity contribution in [2.75, 3.05) is 26.3 Å². The van der Waals surface area contributed by atoms with Crippen LogP contribution < -0.4 is 0 Å². The molecule has 18 heavy (non-hydrogen) atoms. The van der Waals surface area contributed by atoms with Gasteiger partial charge in [-0.3, -0.25) is 9.89 Å². The fourth-order valence-electron chi connectivity index (χ4n) is 2.10. The van der Waals surface area contributed by atoms with Gasteiger partial charge in [-0.25, -0.2) is 0 Å². The molecule has 1 amide bonds. The number of amides is 1. The number of nitrogens with zero attached hydrogens (tertiary/aromatic N) is 2. The number of aromatic amines is 1. The average molecular weight is 316 g/mol. The van der Waals surface area contributed by atoms with Crippen molar-refractivity contribution in [2.24, 2.45) is 5.92 Å². The monoisotopic (exact) mass is 315 g/mol. The lowest BCUT2D eigenvalue weighted by atomic mass is 10.1. The Balaban J connectivity index is 2.07. The van der Waals surface area contributed by atoms with Crippen molar-refractivity contribution >= 4 is 21.8 Å². The van der Waals surface area contributed by atoms with E-state index in [1.165, 1.54) is 0 Å². The van der Waals surface area contributed by atoms with Gasteiger partial charge in [-0.15, -0.1) is 0 Å². The molecule has 2 rings (SSSR count). The van der Waals surface area contributed by atoms with Crippen LogP contribution >= 0.6 is 15.9 Å². The fourth-order valence-corrected chi connectivity index (χ4v) is 2.45. The third kappa shape index (κ3) is 2.75. The Bertz CT molecular complexity index is 427. The zero-order chi connectivity index (χ0) is 13.1. The normalized spacial score (nSPS) is 19.2. The number of rotatable bonds is 4. The molecule has 0 saturated carbocycles. The summed E-state index contributed by atoms with van der Waals surface area (Å²) >= 11 is 3.40. The number of ether oxygens (including phenoxy) is 1. The minimum absolute atomic E-state index is 0.0272. The number of carbonyl (C=O) groups is 1. The highest BCUT2D eigenvalue weighted by atomic mass is 79.9. The van der Waals surface area contributed by atoms with Crippen LogP contribution in [0.2, 0.25) is 0 Å². The molecule has 0 bridgehead atoms. The number of carbonyl (C=O) groups excluding carboxylic acids is 1. The average Bonchev–Trinajstić information content (AvgIpc) is 2.98. The largest absolute Gasteiger partial charge is 0.381 e. The molecule has 1 N–H and O–H groups in total. The molecule has 1 fully saturated rings. The third-order valence-electron chi connectivity index (χ3n) is 3.25. The van der Waals surface area contributed by atoms with E-state index in [0.29, 0.717) is 18.2 Å². The summed E-state index contributed by atoms with van der Waals surface area (Å²) < 4.78 is 6.10. The Labute approximate surface area is 115 Å². The van der Waals surface area contributed by atoms with Gasteiger partial charge >= 0.3 is 0 Å². The number of H-pyrrole nitrogens is 1. The minimum atomic E-state index is -0.0272. The van der Waals surface area contributed by atoms with Crippen LogP contribution in [0, 0.1) is 12.8 Å². The summed E-state index contributed by atoms with van der Waals surface area (Å²) in [6.07, 6.45) is 1.03. The van der Waals surface area contributed by atoms with Gasteiger partial charge in [0.25, 0.3) is 5.91 Å². The van der Waals surface area contributed by atoms with Gasteiger partial charge in [0, 0.05) is 31.3 Å². The van der Waals surface area contributed by atoms with Crippen molar-refractivity contribution < 1.29 is 9.53 Å². The number of halogens is 1. The summed E-state index contributed by atoms with van der Waals surface area (Å²) in [6, 6.07) is 0. The van der Waals surface area contributed by atoms with Crippen molar-refractivity contribution in [3.8, 4) is 0 Å². The smallest absolute Gasteiger partial charge is 0.275 e.